The second kappa shape index (κ2) is 5.27. The van der Waals surface area contributed by atoms with Gasteiger partial charge < -0.3 is 10.1 Å². The lowest BCUT2D eigenvalue weighted by atomic mass is 10.1. The highest BCUT2D eigenvalue weighted by atomic mass is 16.5. The van der Waals surface area contributed by atoms with Gasteiger partial charge in [-0.1, -0.05) is 6.07 Å². The fourth-order valence-corrected chi connectivity index (χ4v) is 2.07. The minimum absolute atomic E-state index is 0.568. The predicted molar refractivity (Wildman–Crippen MR) is 63.5 cm³/mol. The molecule has 0 bridgehead atoms. The number of hydrogen-bond donors (Lipinski definition) is 1. The molecule has 1 atom stereocenters. The van der Waals surface area contributed by atoms with Gasteiger partial charge in [0.2, 0.25) is 5.88 Å². The summed E-state index contributed by atoms with van der Waals surface area (Å²) in [5.74, 6) is 0.744. The summed E-state index contributed by atoms with van der Waals surface area (Å²) in [6.07, 6.45) is 1.77. The van der Waals surface area contributed by atoms with Crippen LogP contribution in [0.25, 0.3) is 0 Å². The van der Waals surface area contributed by atoms with Crippen LogP contribution < -0.4 is 10.1 Å². The Balaban J connectivity index is 2.07. The number of pyridine rings is 1. The van der Waals surface area contributed by atoms with Crippen LogP contribution in [0, 0.1) is 0 Å². The number of nitrogens with one attached hydrogen (secondary N) is 1. The number of ether oxygens (including phenoxy) is 1. The molecule has 0 amide bonds. The maximum atomic E-state index is 5.27. The minimum Gasteiger partial charge on any atom is -0.481 e. The summed E-state index contributed by atoms with van der Waals surface area (Å²) in [6, 6.07) is 4.62. The van der Waals surface area contributed by atoms with Gasteiger partial charge in [0.15, 0.2) is 0 Å². The maximum absolute atomic E-state index is 5.27. The van der Waals surface area contributed by atoms with E-state index in [9.17, 15) is 0 Å². The Morgan fingerprint density at radius 1 is 1.62 bits per heavy atom. The monoisotopic (exact) mass is 221 g/mol. The first-order chi connectivity index (χ1) is 7.81. The molecule has 16 heavy (non-hydrogen) atoms. The lowest BCUT2D eigenvalue weighted by molar-refractivity contribution is 0.163. The second-order valence-electron chi connectivity index (χ2n) is 4.20. The van der Waals surface area contributed by atoms with Crippen molar-refractivity contribution in [3.05, 3.63) is 23.9 Å². The highest BCUT2D eigenvalue weighted by Gasteiger charge is 2.19. The van der Waals surface area contributed by atoms with E-state index in [0.717, 1.165) is 32.1 Å². The van der Waals surface area contributed by atoms with Crippen molar-refractivity contribution in [1.82, 2.24) is 15.2 Å². The van der Waals surface area contributed by atoms with Gasteiger partial charge in [-0.2, -0.15) is 0 Å². The molecule has 1 aliphatic rings. The van der Waals surface area contributed by atoms with Crippen molar-refractivity contribution in [2.24, 2.45) is 0 Å². The predicted octanol–water partition coefficient (Wildman–Crippen LogP) is 0.884. The number of hydrogen-bond acceptors (Lipinski definition) is 4. The van der Waals surface area contributed by atoms with Crippen molar-refractivity contribution < 1.29 is 4.74 Å². The Morgan fingerprint density at radius 2 is 2.50 bits per heavy atom. The minimum atomic E-state index is 0.568. The molecule has 2 rings (SSSR count). The molecule has 0 aromatic carbocycles. The largest absolute Gasteiger partial charge is 0.481 e. The Morgan fingerprint density at radius 3 is 3.25 bits per heavy atom. The van der Waals surface area contributed by atoms with Gasteiger partial charge in [-0.25, -0.2) is 4.98 Å². The molecule has 0 saturated carbocycles. The number of piperazine rings is 1. The van der Waals surface area contributed by atoms with Crippen LogP contribution in [0.2, 0.25) is 0 Å². The zero-order valence-corrected chi connectivity index (χ0v) is 9.94. The molecule has 0 aliphatic carbocycles. The van der Waals surface area contributed by atoms with E-state index >= 15 is 0 Å². The van der Waals surface area contributed by atoms with Gasteiger partial charge in [-0.3, -0.25) is 4.90 Å². The summed E-state index contributed by atoms with van der Waals surface area (Å²) in [4.78, 5) is 6.68. The van der Waals surface area contributed by atoms with Crippen molar-refractivity contribution in [3.63, 3.8) is 0 Å². The summed E-state index contributed by atoms with van der Waals surface area (Å²) < 4.78 is 5.27. The molecule has 88 valence electrons. The van der Waals surface area contributed by atoms with E-state index in [4.69, 9.17) is 4.74 Å². The van der Waals surface area contributed by atoms with E-state index < -0.39 is 0 Å². The summed E-state index contributed by atoms with van der Waals surface area (Å²) >= 11 is 0. The summed E-state index contributed by atoms with van der Waals surface area (Å²) in [6.45, 7) is 6.36. The Bertz CT molecular complexity index is 343. The highest BCUT2D eigenvalue weighted by Crippen LogP contribution is 2.17. The van der Waals surface area contributed by atoms with Gasteiger partial charge in [-0.15, -0.1) is 0 Å². The summed E-state index contributed by atoms with van der Waals surface area (Å²) in [5, 5.41) is 3.39. The van der Waals surface area contributed by atoms with Crippen LogP contribution in [0.3, 0.4) is 0 Å². The number of rotatable bonds is 3. The standard InChI is InChI=1S/C12H19N3O/c1-10-8-13-6-7-15(10)9-11-4-3-5-14-12(11)16-2/h3-5,10,13H,6-9H2,1-2H3/t10-/m1/s1. The number of nitrogens with zero attached hydrogens (tertiary/aromatic N) is 2. The molecule has 4 heteroatoms. The lowest BCUT2D eigenvalue weighted by Gasteiger charge is -2.33. The van der Waals surface area contributed by atoms with Crippen molar-refractivity contribution in [2.45, 2.75) is 19.5 Å². The summed E-state index contributed by atoms with van der Waals surface area (Å²) in [5.41, 5.74) is 1.17. The normalized spacial score (nSPS) is 22.0. The number of methoxy groups -OCH3 is 1. The average Bonchev–Trinajstić information content (AvgIpc) is 2.33. The van der Waals surface area contributed by atoms with E-state index in [0.29, 0.717) is 6.04 Å². The molecule has 1 N–H and O–H groups in total. The van der Waals surface area contributed by atoms with E-state index in [1.54, 1.807) is 13.3 Å². The van der Waals surface area contributed by atoms with Crippen LogP contribution in [-0.2, 0) is 6.54 Å². The van der Waals surface area contributed by atoms with Gasteiger partial charge in [0.25, 0.3) is 0 Å². The molecule has 1 aromatic rings. The first-order valence-corrected chi connectivity index (χ1v) is 5.74. The maximum Gasteiger partial charge on any atom is 0.217 e. The van der Waals surface area contributed by atoms with Crippen LogP contribution in [0.1, 0.15) is 12.5 Å². The molecule has 0 spiro atoms. The molecule has 4 nitrogen and oxygen atoms in total. The molecular formula is C12H19N3O. The van der Waals surface area contributed by atoms with E-state index in [2.05, 4.69) is 28.2 Å². The fourth-order valence-electron chi connectivity index (χ4n) is 2.07. The lowest BCUT2D eigenvalue weighted by Crippen LogP contribution is -2.49. The van der Waals surface area contributed by atoms with Gasteiger partial charge >= 0.3 is 0 Å². The van der Waals surface area contributed by atoms with Crippen molar-refractivity contribution in [1.29, 1.82) is 0 Å². The molecule has 1 saturated heterocycles. The van der Waals surface area contributed by atoms with Crippen molar-refractivity contribution >= 4 is 0 Å². The van der Waals surface area contributed by atoms with Gasteiger partial charge in [0.1, 0.15) is 0 Å². The quantitative estimate of drug-likeness (QED) is 0.822. The van der Waals surface area contributed by atoms with Crippen molar-refractivity contribution in [2.75, 3.05) is 26.7 Å². The van der Waals surface area contributed by atoms with E-state index in [1.807, 2.05) is 6.07 Å². The Labute approximate surface area is 96.6 Å². The van der Waals surface area contributed by atoms with Crippen LogP contribution in [0.15, 0.2) is 18.3 Å². The fraction of sp³-hybridized carbons (Fsp3) is 0.583. The molecule has 1 aromatic heterocycles. The first kappa shape index (κ1) is 11.4. The molecule has 0 unspecified atom stereocenters. The van der Waals surface area contributed by atoms with Gasteiger partial charge in [0, 0.05) is 44.0 Å². The van der Waals surface area contributed by atoms with E-state index in [-0.39, 0.29) is 0 Å². The summed E-state index contributed by atoms with van der Waals surface area (Å²) in [7, 11) is 1.67. The van der Waals surface area contributed by atoms with Crippen LogP contribution in [0.4, 0.5) is 0 Å². The SMILES string of the molecule is COc1ncccc1CN1CCNC[C@H]1C. The average molecular weight is 221 g/mol. The zero-order chi connectivity index (χ0) is 11.4. The zero-order valence-electron chi connectivity index (χ0n) is 9.94. The first-order valence-electron chi connectivity index (χ1n) is 5.74. The van der Waals surface area contributed by atoms with Crippen molar-refractivity contribution in [3.8, 4) is 5.88 Å². The van der Waals surface area contributed by atoms with E-state index in [1.165, 1.54) is 5.56 Å². The third-order valence-electron chi connectivity index (χ3n) is 3.06. The topological polar surface area (TPSA) is 37.4 Å². The molecule has 2 heterocycles. The van der Waals surface area contributed by atoms with Crippen LogP contribution >= 0.6 is 0 Å². The third kappa shape index (κ3) is 2.51. The van der Waals surface area contributed by atoms with Gasteiger partial charge in [0.05, 0.1) is 7.11 Å². The third-order valence-corrected chi connectivity index (χ3v) is 3.06. The molecule has 1 fully saturated rings. The second-order valence-corrected chi connectivity index (χ2v) is 4.20. The number of aromatic nitrogens is 1. The molecule has 1 aliphatic heterocycles. The van der Waals surface area contributed by atoms with Gasteiger partial charge in [-0.05, 0) is 13.0 Å². The Kier molecular flexibility index (Phi) is 3.74. The molecule has 0 radical (unpaired) electrons. The smallest absolute Gasteiger partial charge is 0.217 e. The Hall–Kier alpha value is -1.13. The van der Waals surface area contributed by atoms with Crippen LogP contribution in [-0.4, -0.2) is 42.7 Å². The van der Waals surface area contributed by atoms with Crippen LogP contribution in [0.5, 0.6) is 5.88 Å². The highest BCUT2D eigenvalue weighted by molar-refractivity contribution is 5.25. The molecular weight excluding hydrogens is 202 g/mol.